The van der Waals surface area contributed by atoms with Gasteiger partial charge in [0.1, 0.15) is 5.92 Å². The zero-order valence-corrected chi connectivity index (χ0v) is 6.37. The monoisotopic (exact) mass is 151 g/mol. The third-order valence-corrected chi connectivity index (χ3v) is 1.69. The number of hydrogen-bond acceptors (Lipinski definition) is 1. The van der Waals surface area contributed by atoms with Gasteiger partial charge in [0, 0.05) is 4.79 Å². The van der Waals surface area contributed by atoms with E-state index in [1.54, 1.807) is 6.92 Å². The van der Waals surface area contributed by atoms with Crippen molar-refractivity contribution in [1.82, 2.24) is 0 Å². The van der Waals surface area contributed by atoms with Crippen LogP contribution in [0.4, 0.5) is 0 Å². The molecule has 0 aromatic heterocycles. The first-order chi connectivity index (χ1) is 5.22. The summed E-state index contributed by atoms with van der Waals surface area (Å²) in [6.07, 6.45) is 0. The molecule has 0 bridgehead atoms. The second-order valence-electron chi connectivity index (χ2n) is 2.50. The molecule has 0 aliphatic carbocycles. The minimum atomic E-state index is -0.531. The van der Waals surface area contributed by atoms with Gasteiger partial charge < -0.3 is 5.11 Å². The van der Waals surface area contributed by atoms with Crippen molar-refractivity contribution in [3.8, 4) is 0 Å². The maximum atomic E-state index is 10.6. The average molecular weight is 151 g/mol. The van der Waals surface area contributed by atoms with Gasteiger partial charge in [0.15, 0.2) is 0 Å². The van der Waals surface area contributed by atoms with E-state index in [0.29, 0.717) is 0 Å². The lowest BCUT2D eigenvalue weighted by molar-refractivity contribution is -0.138. The summed E-state index contributed by atoms with van der Waals surface area (Å²) in [6.45, 7) is 1.74. The minimum Gasteiger partial charge on any atom is -0.564 e. The lowest BCUT2D eigenvalue weighted by Gasteiger charge is -1.99. The first-order valence-electron chi connectivity index (χ1n) is 3.52. The second kappa shape index (κ2) is 3.19. The maximum Gasteiger partial charge on any atom is 0.523 e. The summed E-state index contributed by atoms with van der Waals surface area (Å²) in [5.74, 6) is -0.826. The number of carbonyl (C=O) groups is 1. The first-order valence-corrected chi connectivity index (χ1v) is 3.52. The van der Waals surface area contributed by atoms with Crippen molar-refractivity contribution in [1.29, 1.82) is 0 Å². The second-order valence-corrected chi connectivity index (χ2v) is 2.50. The van der Waals surface area contributed by atoms with Crippen LogP contribution < -0.4 is 0 Å². The van der Waals surface area contributed by atoms with Gasteiger partial charge in [0.05, 0.1) is 0 Å². The molecule has 0 spiro atoms. The van der Waals surface area contributed by atoms with E-state index >= 15 is 0 Å². The molecule has 0 radical (unpaired) electrons. The Balaban J connectivity index is 2.85. The molecule has 0 aliphatic heterocycles. The fraction of sp³-hybridized carbons (Fsp3) is 0.222. The van der Waals surface area contributed by atoms with E-state index in [1.807, 2.05) is 30.3 Å². The van der Waals surface area contributed by atoms with Crippen molar-refractivity contribution >= 4 is 5.97 Å². The van der Waals surface area contributed by atoms with E-state index < -0.39 is 5.97 Å². The maximum absolute atomic E-state index is 10.6. The van der Waals surface area contributed by atoms with Crippen molar-refractivity contribution in [2.75, 3.05) is 0 Å². The molecule has 0 aliphatic rings. The van der Waals surface area contributed by atoms with Crippen LogP contribution in [0.5, 0.6) is 0 Å². The van der Waals surface area contributed by atoms with E-state index in [0.717, 1.165) is 5.56 Å². The predicted molar refractivity (Wildman–Crippen MR) is 43.5 cm³/mol. The smallest absolute Gasteiger partial charge is 0.523 e. The van der Waals surface area contributed by atoms with Crippen LogP contribution in [0, 0.1) is 0 Å². The fourth-order valence-electron chi connectivity index (χ4n) is 0.893. The van der Waals surface area contributed by atoms with Crippen molar-refractivity contribution in [2.24, 2.45) is 0 Å². The van der Waals surface area contributed by atoms with Gasteiger partial charge in [0.2, 0.25) is 0 Å². The van der Waals surface area contributed by atoms with E-state index in [9.17, 15) is 4.79 Å². The molecule has 2 nitrogen and oxygen atoms in total. The Bertz CT molecular complexity index is 241. The summed E-state index contributed by atoms with van der Waals surface area (Å²) in [5, 5.41) is 6.88. The highest BCUT2D eigenvalue weighted by atomic mass is 16.4. The zero-order valence-electron chi connectivity index (χ0n) is 6.37. The van der Waals surface area contributed by atoms with Gasteiger partial charge in [-0.25, -0.2) is 0 Å². The highest BCUT2D eigenvalue weighted by molar-refractivity contribution is 5.75. The molecule has 0 heterocycles. The molecule has 0 unspecified atom stereocenters. The zero-order chi connectivity index (χ0) is 8.27. The molecule has 0 saturated heterocycles. The third-order valence-electron chi connectivity index (χ3n) is 1.69. The summed E-state index contributed by atoms with van der Waals surface area (Å²) in [6, 6.07) is 9.35. The molecule has 58 valence electrons. The van der Waals surface area contributed by atoms with Crippen LogP contribution >= 0.6 is 0 Å². The molecular formula is C9H11O2+. The van der Waals surface area contributed by atoms with Crippen molar-refractivity contribution < 1.29 is 9.90 Å². The van der Waals surface area contributed by atoms with Gasteiger partial charge in [-0.1, -0.05) is 30.3 Å². The average Bonchev–Trinajstić information content (AvgIpc) is 2.05. The molecule has 1 aromatic rings. The largest absolute Gasteiger partial charge is 0.564 e. The van der Waals surface area contributed by atoms with Gasteiger partial charge in [0.25, 0.3) is 0 Å². The molecule has 2 N–H and O–H groups in total. The summed E-state index contributed by atoms with van der Waals surface area (Å²) >= 11 is 0. The van der Waals surface area contributed by atoms with Crippen LogP contribution in [0.1, 0.15) is 18.4 Å². The molecule has 11 heavy (non-hydrogen) atoms. The molecule has 2 heteroatoms. The van der Waals surface area contributed by atoms with Crippen molar-refractivity contribution in [3.63, 3.8) is 0 Å². The molecule has 0 saturated carbocycles. The van der Waals surface area contributed by atoms with E-state index in [4.69, 9.17) is 5.11 Å². The Morgan fingerprint density at radius 1 is 1.36 bits per heavy atom. The normalized spacial score (nSPS) is 12.5. The molecule has 0 amide bonds. The Kier molecular flexibility index (Phi) is 2.26. The topological polar surface area (TPSA) is 40.0 Å². The first kappa shape index (κ1) is 7.79. The van der Waals surface area contributed by atoms with Crippen molar-refractivity contribution in [3.05, 3.63) is 35.9 Å². The number of benzene rings is 1. The highest BCUT2D eigenvalue weighted by Gasteiger charge is 2.19. The Hall–Kier alpha value is -1.31. The van der Waals surface area contributed by atoms with Gasteiger partial charge in [-0.15, -0.1) is 0 Å². The molecule has 1 atom stereocenters. The number of carbonyl (C=O) groups excluding carboxylic acids is 1. The fourth-order valence-corrected chi connectivity index (χ4v) is 0.893. The number of rotatable bonds is 2. The van der Waals surface area contributed by atoms with Crippen LogP contribution in [0.3, 0.4) is 0 Å². The SMILES string of the molecule is C[C@@H](C(=O)[OH2+])c1ccccc1. The predicted octanol–water partition coefficient (Wildman–Crippen LogP) is 1.04. The molecular weight excluding hydrogens is 140 g/mol. The molecule has 0 fully saturated rings. The quantitative estimate of drug-likeness (QED) is 0.582. The summed E-state index contributed by atoms with van der Waals surface area (Å²) < 4.78 is 0. The van der Waals surface area contributed by atoms with E-state index in [1.165, 1.54) is 0 Å². The van der Waals surface area contributed by atoms with Crippen LogP contribution in [0.25, 0.3) is 0 Å². The molecule has 1 aromatic carbocycles. The summed E-state index contributed by atoms with van der Waals surface area (Å²) in [7, 11) is 0. The van der Waals surface area contributed by atoms with Crippen LogP contribution in [0.15, 0.2) is 30.3 Å². The Labute approximate surface area is 65.5 Å². The van der Waals surface area contributed by atoms with Crippen LogP contribution in [-0.4, -0.2) is 11.1 Å². The van der Waals surface area contributed by atoms with Crippen LogP contribution in [-0.2, 0) is 4.79 Å². The van der Waals surface area contributed by atoms with Crippen LogP contribution in [0.2, 0.25) is 0 Å². The Morgan fingerprint density at radius 2 is 1.91 bits per heavy atom. The van der Waals surface area contributed by atoms with E-state index in [-0.39, 0.29) is 5.92 Å². The standard InChI is InChI=1S/C9H10O2/c1-7(9(10)11)8-5-3-2-4-6-8/h2-7H,1H3,(H,10,11)/p+1/t7-/m1/s1. The summed E-state index contributed by atoms with van der Waals surface area (Å²) in [5.41, 5.74) is 0.910. The highest BCUT2D eigenvalue weighted by Crippen LogP contribution is 2.13. The van der Waals surface area contributed by atoms with Gasteiger partial charge >= 0.3 is 5.97 Å². The van der Waals surface area contributed by atoms with Gasteiger partial charge in [-0.3, -0.25) is 0 Å². The lowest BCUT2D eigenvalue weighted by Crippen LogP contribution is -2.06. The number of hydrogen-bond donors (Lipinski definition) is 0. The van der Waals surface area contributed by atoms with Crippen molar-refractivity contribution in [2.45, 2.75) is 12.8 Å². The molecule has 1 rings (SSSR count). The van der Waals surface area contributed by atoms with E-state index in [2.05, 4.69) is 0 Å². The van der Waals surface area contributed by atoms with Gasteiger partial charge in [-0.2, -0.15) is 0 Å². The lowest BCUT2D eigenvalue weighted by atomic mass is 10.0. The third kappa shape index (κ3) is 1.80. The minimum absolute atomic E-state index is 0.295. The summed E-state index contributed by atoms with van der Waals surface area (Å²) in [4.78, 5) is 10.6. The van der Waals surface area contributed by atoms with Gasteiger partial charge in [-0.05, 0) is 12.5 Å². The Morgan fingerprint density at radius 3 is 2.36 bits per heavy atom.